The van der Waals surface area contributed by atoms with Crippen molar-refractivity contribution in [2.45, 2.75) is 53.4 Å². The number of halogens is 2. The number of amides is 1. The first-order valence-electron chi connectivity index (χ1n) is 10.0. The number of allylic oxidation sites excluding steroid dienone is 1. The van der Waals surface area contributed by atoms with Crippen LogP contribution in [-0.4, -0.2) is 5.91 Å². The molecule has 0 saturated heterocycles. The lowest BCUT2D eigenvalue weighted by Gasteiger charge is -2.21. The maximum atomic E-state index is 14.1. The molecule has 160 valence electrons. The minimum absolute atomic E-state index is 0.182. The van der Waals surface area contributed by atoms with Crippen LogP contribution in [0.15, 0.2) is 61.0 Å². The lowest BCUT2D eigenvalue weighted by Crippen LogP contribution is -2.16. The van der Waals surface area contributed by atoms with Gasteiger partial charge in [-0.2, -0.15) is 0 Å². The van der Waals surface area contributed by atoms with Gasteiger partial charge >= 0.3 is 0 Å². The first kappa shape index (κ1) is 23.3. The van der Waals surface area contributed by atoms with Crippen molar-refractivity contribution in [2.75, 3.05) is 10.2 Å². The second-order valence-corrected chi connectivity index (χ2v) is 7.80. The molecule has 0 spiro atoms. The summed E-state index contributed by atoms with van der Waals surface area (Å²) < 4.78 is 28.2. The molecular weight excluding hydrogens is 382 g/mol. The minimum atomic E-state index is -3.05. The molecule has 0 aromatic heterocycles. The van der Waals surface area contributed by atoms with Crippen LogP contribution in [0.3, 0.4) is 0 Å². The van der Waals surface area contributed by atoms with Crippen LogP contribution in [0, 0.1) is 6.92 Å². The van der Waals surface area contributed by atoms with E-state index in [1.165, 1.54) is 17.7 Å². The highest BCUT2D eigenvalue weighted by atomic mass is 19.3. The first-order valence-corrected chi connectivity index (χ1v) is 10.0. The van der Waals surface area contributed by atoms with Crippen molar-refractivity contribution >= 4 is 17.3 Å². The number of hydrogen-bond acceptors (Lipinski definition) is 2. The fraction of sp³-hybridized carbons (Fsp3) is 0.320. The molecule has 1 N–H and O–H groups in total. The summed E-state index contributed by atoms with van der Waals surface area (Å²) in [7, 11) is 0. The molecule has 5 heteroatoms. The number of alkyl halides is 2. The minimum Gasteiger partial charge on any atom is -0.324 e. The van der Waals surface area contributed by atoms with E-state index in [0.717, 1.165) is 30.9 Å². The third-order valence-corrected chi connectivity index (χ3v) is 4.70. The first-order chi connectivity index (χ1) is 14.0. The van der Waals surface area contributed by atoms with E-state index in [0.29, 0.717) is 16.9 Å². The van der Waals surface area contributed by atoms with Crippen LogP contribution in [0.4, 0.5) is 20.2 Å². The van der Waals surface area contributed by atoms with E-state index in [4.69, 9.17) is 0 Å². The molecule has 0 bridgehead atoms. The van der Waals surface area contributed by atoms with Crippen molar-refractivity contribution in [1.82, 2.24) is 0 Å². The molecule has 0 radical (unpaired) electrons. The van der Waals surface area contributed by atoms with Gasteiger partial charge in [0.15, 0.2) is 0 Å². The van der Waals surface area contributed by atoms with Gasteiger partial charge in [-0.1, -0.05) is 31.6 Å². The molecule has 2 rings (SSSR count). The Balaban J connectivity index is 2.41. The summed E-state index contributed by atoms with van der Waals surface area (Å²) in [6.07, 6.45) is 5.31. The average Bonchev–Trinajstić information content (AvgIpc) is 2.66. The standard InChI is InChI=1S/C25H30F2N2O/c1-7-9-19-10-11-20(12-18(19)5)24(30)28-22-13-21(25(6,26)27)14-23(15-22)29(8-2)16-17(3)4/h8,10-16H,2,7,9H2,1,3-6H3,(H,28,30). The average molecular weight is 413 g/mol. The second-order valence-electron chi connectivity index (χ2n) is 7.80. The van der Waals surface area contributed by atoms with E-state index >= 15 is 0 Å². The highest BCUT2D eigenvalue weighted by Gasteiger charge is 2.26. The van der Waals surface area contributed by atoms with Crippen LogP contribution in [0.1, 0.15) is 61.2 Å². The summed E-state index contributed by atoms with van der Waals surface area (Å²) in [6, 6.07) is 9.92. The quantitative estimate of drug-likeness (QED) is 0.498. The van der Waals surface area contributed by atoms with Crippen molar-refractivity contribution in [1.29, 1.82) is 0 Å². The third kappa shape index (κ3) is 6.02. The number of nitrogens with zero attached hydrogens (tertiary/aromatic N) is 1. The van der Waals surface area contributed by atoms with Gasteiger partial charge in [-0.05, 0) is 68.7 Å². The summed E-state index contributed by atoms with van der Waals surface area (Å²) in [4.78, 5) is 14.4. The number of aryl methyl sites for hydroxylation is 2. The van der Waals surface area contributed by atoms with Gasteiger partial charge in [0.25, 0.3) is 11.8 Å². The van der Waals surface area contributed by atoms with Crippen molar-refractivity contribution in [2.24, 2.45) is 0 Å². The van der Waals surface area contributed by atoms with Gasteiger partial charge in [0.05, 0.1) is 0 Å². The molecule has 2 aromatic carbocycles. The Labute approximate surface area is 178 Å². The zero-order chi connectivity index (χ0) is 22.5. The number of hydrogen-bond donors (Lipinski definition) is 1. The van der Waals surface area contributed by atoms with E-state index in [9.17, 15) is 13.6 Å². The van der Waals surface area contributed by atoms with Crippen molar-refractivity contribution < 1.29 is 13.6 Å². The highest BCUT2D eigenvalue weighted by molar-refractivity contribution is 6.04. The number of benzene rings is 2. The number of rotatable bonds is 8. The van der Waals surface area contributed by atoms with E-state index in [-0.39, 0.29) is 11.5 Å². The normalized spacial score (nSPS) is 11.0. The van der Waals surface area contributed by atoms with E-state index in [2.05, 4.69) is 18.8 Å². The number of nitrogens with one attached hydrogen (secondary N) is 1. The van der Waals surface area contributed by atoms with E-state index in [1.807, 2.05) is 32.9 Å². The van der Waals surface area contributed by atoms with Crippen LogP contribution in [-0.2, 0) is 12.3 Å². The topological polar surface area (TPSA) is 32.3 Å². The Kier molecular flexibility index (Phi) is 7.54. The molecule has 0 fully saturated rings. The van der Waals surface area contributed by atoms with Gasteiger partial charge in [0, 0.05) is 41.8 Å². The van der Waals surface area contributed by atoms with E-state index < -0.39 is 5.92 Å². The molecule has 0 heterocycles. The molecular formula is C25H30F2N2O. The summed E-state index contributed by atoms with van der Waals surface area (Å²) in [5.74, 6) is -3.39. The zero-order valence-corrected chi connectivity index (χ0v) is 18.4. The predicted molar refractivity (Wildman–Crippen MR) is 121 cm³/mol. The Morgan fingerprint density at radius 1 is 1.20 bits per heavy atom. The highest BCUT2D eigenvalue weighted by Crippen LogP contribution is 2.33. The van der Waals surface area contributed by atoms with Gasteiger partial charge in [-0.25, -0.2) is 8.78 Å². The van der Waals surface area contributed by atoms with Gasteiger partial charge in [-0.15, -0.1) is 0 Å². The molecule has 30 heavy (non-hydrogen) atoms. The van der Waals surface area contributed by atoms with Crippen LogP contribution in [0.2, 0.25) is 0 Å². The van der Waals surface area contributed by atoms with Crippen molar-refractivity contribution in [3.63, 3.8) is 0 Å². The molecule has 0 aliphatic rings. The maximum Gasteiger partial charge on any atom is 0.270 e. The predicted octanol–water partition coefficient (Wildman–Crippen LogP) is 7.19. The maximum absolute atomic E-state index is 14.1. The van der Waals surface area contributed by atoms with Gasteiger partial charge in [0.2, 0.25) is 0 Å². The molecule has 0 aliphatic heterocycles. The number of carbonyl (C=O) groups excluding carboxylic acids is 1. The van der Waals surface area contributed by atoms with Crippen molar-refractivity contribution in [3.8, 4) is 0 Å². The Hall–Kier alpha value is -2.95. The van der Waals surface area contributed by atoms with Crippen molar-refractivity contribution in [3.05, 3.63) is 83.2 Å². The van der Waals surface area contributed by atoms with Gasteiger partial charge < -0.3 is 10.2 Å². The monoisotopic (exact) mass is 412 g/mol. The molecule has 0 aliphatic carbocycles. The van der Waals surface area contributed by atoms with Gasteiger partial charge in [-0.3, -0.25) is 4.79 Å². The lowest BCUT2D eigenvalue weighted by molar-refractivity contribution is 0.0175. The zero-order valence-electron chi connectivity index (χ0n) is 18.4. The Morgan fingerprint density at radius 3 is 2.43 bits per heavy atom. The molecule has 0 unspecified atom stereocenters. The number of anilines is 2. The van der Waals surface area contributed by atoms with Gasteiger partial charge in [0.1, 0.15) is 0 Å². The molecule has 1 amide bonds. The largest absolute Gasteiger partial charge is 0.324 e. The molecule has 0 atom stereocenters. The second kappa shape index (κ2) is 9.70. The lowest BCUT2D eigenvalue weighted by atomic mass is 10.0. The summed E-state index contributed by atoms with van der Waals surface area (Å²) in [5.41, 5.74) is 4.34. The Morgan fingerprint density at radius 2 is 1.90 bits per heavy atom. The summed E-state index contributed by atoms with van der Waals surface area (Å²) in [5, 5.41) is 2.77. The summed E-state index contributed by atoms with van der Waals surface area (Å²) in [6.45, 7) is 12.5. The Bertz CT molecular complexity index is 954. The smallest absolute Gasteiger partial charge is 0.270 e. The molecule has 0 saturated carbocycles. The fourth-order valence-corrected chi connectivity index (χ4v) is 3.19. The van der Waals surface area contributed by atoms with Crippen LogP contribution in [0.25, 0.3) is 0 Å². The van der Waals surface area contributed by atoms with Crippen LogP contribution >= 0.6 is 0 Å². The third-order valence-electron chi connectivity index (χ3n) is 4.70. The number of carbonyl (C=O) groups is 1. The SMILES string of the molecule is C=CN(C=C(C)C)c1cc(NC(=O)c2ccc(CCC)c(C)c2)cc(C(C)(F)F)c1. The van der Waals surface area contributed by atoms with Crippen LogP contribution < -0.4 is 10.2 Å². The summed E-state index contributed by atoms with van der Waals surface area (Å²) >= 11 is 0. The van der Waals surface area contributed by atoms with Crippen LogP contribution in [0.5, 0.6) is 0 Å². The van der Waals surface area contributed by atoms with E-state index in [1.54, 1.807) is 29.4 Å². The molecule has 3 nitrogen and oxygen atoms in total. The fourth-order valence-electron chi connectivity index (χ4n) is 3.19. The molecule has 2 aromatic rings.